The van der Waals surface area contributed by atoms with Gasteiger partial charge in [-0.05, 0) is 62.8 Å². The topological polar surface area (TPSA) is 118 Å². The van der Waals surface area contributed by atoms with Crippen molar-refractivity contribution in [3.8, 4) is 17.2 Å². The quantitative estimate of drug-likeness (QED) is 0.181. The smallest absolute Gasteiger partial charge is 0.268 e. The summed E-state index contributed by atoms with van der Waals surface area (Å²) in [5.74, 6) is -0.0146. The van der Waals surface area contributed by atoms with Crippen LogP contribution in [0.25, 0.3) is 0 Å². The molecule has 0 bridgehead atoms. The molecular formula is C32H35ClFN5O6S. The van der Waals surface area contributed by atoms with E-state index in [-0.39, 0.29) is 41.4 Å². The van der Waals surface area contributed by atoms with Crippen LogP contribution >= 0.6 is 11.6 Å². The van der Waals surface area contributed by atoms with Crippen LogP contribution in [0.5, 0.6) is 17.2 Å². The van der Waals surface area contributed by atoms with Crippen LogP contribution in [0, 0.1) is 5.82 Å². The Balaban J connectivity index is 1.26. The molecule has 0 N–H and O–H groups in total. The zero-order chi connectivity index (χ0) is 32.3. The van der Waals surface area contributed by atoms with Gasteiger partial charge >= 0.3 is 0 Å². The van der Waals surface area contributed by atoms with Crippen LogP contribution in [0.4, 0.5) is 10.2 Å². The van der Waals surface area contributed by atoms with Crippen molar-refractivity contribution >= 4 is 27.4 Å². The molecule has 46 heavy (non-hydrogen) atoms. The Morgan fingerprint density at radius 3 is 2.65 bits per heavy atom. The zero-order valence-electron chi connectivity index (χ0n) is 25.5. The predicted octanol–water partition coefficient (Wildman–Crippen LogP) is 6.29. The molecule has 1 saturated heterocycles. The fraction of sp³-hybridized carbons (Fsp3) is 0.406. The summed E-state index contributed by atoms with van der Waals surface area (Å²) >= 11 is 6.61. The third kappa shape index (κ3) is 6.62. The van der Waals surface area contributed by atoms with Crippen molar-refractivity contribution < 1.29 is 31.8 Å². The number of hydrogen-bond donors (Lipinski definition) is 0. The van der Waals surface area contributed by atoms with E-state index in [4.69, 9.17) is 35.6 Å². The Kier molecular flexibility index (Phi) is 9.62. The largest absolute Gasteiger partial charge is 0.497 e. The highest BCUT2D eigenvalue weighted by Crippen LogP contribution is 2.40. The molecule has 11 nitrogen and oxygen atoms in total. The normalized spacial score (nSPS) is 20.0. The molecule has 6 rings (SSSR count). The second-order valence-electron chi connectivity index (χ2n) is 11.2. The van der Waals surface area contributed by atoms with Crippen molar-refractivity contribution in [2.75, 3.05) is 25.1 Å². The van der Waals surface area contributed by atoms with Gasteiger partial charge in [-0.15, -0.1) is 0 Å². The fourth-order valence-electron chi connectivity index (χ4n) is 5.99. The van der Waals surface area contributed by atoms with Gasteiger partial charge in [-0.3, -0.25) is 0 Å². The molecule has 1 unspecified atom stereocenters. The molecular weight excluding hydrogens is 637 g/mol. The third-order valence-electron chi connectivity index (χ3n) is 8.37. The van der Waals surface area contributed by atoms with E-state index in [1.165, 1.54) is 32.8 Å². The Hall–Kier alpha value is -3.94. The molecule has 1 aliphatic carbocycles. The summed E-state index contributed by atoms with van der Waals surface area (Å²) in [5.41, 5.74) is 1.38. The summed E-state index contributed by atoms with van der Waals surface area (Å²) in [6.07, 6.45) is 9.70. The molecule has 1 aliphatic heterocycles. The lowest BCUT2D eigenvalue weighted by molar-refractivity contribution is -0.0398. The third-order valence-corrected chi connectivity index (χ3v) is 10.4. The number of aromatic nitrogens is 4. The van der Waals surface area contributed by atoms with Crippen LogP contribution in [0.3, 0.4) is 0 Å². The van der Waals surface area contributed by atoms with E-state index < -0.39 is 20.7 Å². The second kappa shape index (κ2) is 13.8. The Labute approximate surface area is 272 Å². The highest BCUT2D eigenvalue weighted by atomic mass is 35.5. The van der Waals surface area contributed by atoms with Crippen molar-refractivity contribution in [1.82, 2.24) is 19.7 Å². The number of ether oxygens (including phenoxy) is 4. The fourth-order valence-corrected chi connectivity index (χ4v) is 7.73. The van der Waals surface area contributed by atoms with E-state index in [0.717, 1.165) is 67.3 Å². The van der Waals surface area contributed by atoms with E-state index in [1.54, 1.807) is 18.2 Å². The van der Waals surface area contributed by atoms with Crippen LogP contribution in [-0.2, 0) is 21.3 Å². The van der Waals surface area contributed by atoms with E-state index in [0.29, 0.717) is 17.1 Å². The van der Waals surface area contributed by atoms with Crippen molar-refractivity contribution in [3.63, 3.8) is 0 Å². The van der Waals surface area contributed by atoms with Gasteiger partial charge in [0.1, 0.15) is 52.4 Å². The molecule has 0 spiro atoms. The number of benzene rings is 2. The van der Waals surface area contributed by atoms with E-state index in [1.807, 2.05) is 16.9 Å². The van der Waals surface area contributed by atoms with Crippen LogP contribution in [0.2, 0.25) is 5.02 Å². The number of rotatable bonds is 11. The maximum atomic E-state index is 15.8. The van der Waals surface area contributed by atoms with Gasteiger partial charge in [0.25, 0.3) is 10.0 Å². The molecule has 14 heteroatoms. The van der Waals surface area contributed by atoms with Crippen LogP contribution in [-0.4, -0.2) is 55.1 Å². The van der Waals surface area contributed by atoms with Crippen molar-refractivity contribution in [2.24, 2.45) is 0 Å². The number of methoxy groups -OCH3 is 2. The van der Waals surface area contributed by atoms with Crippen molar-refractivity contribution in [3.05, 3.63) is 83.3 Å². The first-order valence-corrected chi connectivity index (χ1v) is 16.9. The van der Waals surface area contributed by atoms with Gasteiger partial charge in [0.2, 0.25) is 0 Å². The van der Waals surface area contributed by atoms with Gasteiger partial charge in [0.15, 0.2) is 0 Å². The van der Waals surface area contributed by atoms with Crippen LogP contribution < -0.4 is 18.5 Å². The first kappa shape index (κ1) is 32.0. The zero-order valence-corrected chi connectivity index (χ0v) is 27.1. The monoisotopic (exact) mass is 671 g/mol. The molecule has 3 heterocycles. The Morgan fingerprint density at radius 2 is 1.91 bits per heavy atom. The summed E-state index contributed by atoms with van der Waals surface area (Å²) in [4.78, 5) is 7.41. The summed E-state index contributed by atoms with van der Waals surface area (Å²) in [5, 5.41) is 4.76. The molecule has 244 valence electrons. The van der Waals surface area contributed by atoms with Crippen LogP contribution in [0.15, 0.2) is 66.1 Å². The maximum absolute atomic E-state index is 15.8. The summed E-state index contributed by atoms with van der Waals surface area (Å²) in [6.45, 7) is 0.501. The van der Waals surface area contributed by atoms with E-state index in [9.17, 15) is 8.42 Å². The van der Waals surface area contributed by atoms with Crippen LogP contribution in [0.1, 0.15) is 61.9 Å². The van der Waals surface area contributed by atoms with Gasteiger partial charge in [0, 0.05) is 48.7 Å². The molecule has 0 radical (unpaired) electrons. The summed E-state index contributed by atoms with van der Waals surface area (Å²) in [7, 11) is -1.56. The number of anilines is 1. The number of sulfonamides is 1. The minimum absolute atomic E-state index is 0.0277. The Bertz CT molecular complexity index is 1770. The van der Waals surface area contributed by atoms with Gasteiger partial charge in [-0.25, -0.2) is 31.8 Å². The van der Waals surface area contributed by atoms with Crippen molar-refractivity contribution in [1.29, 1.82) is 0 Å². The number of nitrogens with zero attached hydrogens (tertiary/aromatic N) is 5. The van der Waals surface area contributed by atoms with Gasteiger partial charge in [-0.2, -0.15) is 5.10 Å². The first-order valence-electron chi connectivity index (χ1n) is 15.1. The van der Waals surface area contributed by atoms with Gasteiger partial charge in [0.05, 0.1) is 31.5 Å². The van der Waals surface area contributed by atoms with E-state index >= 15 is 4.39 Å². The van der Waals surface area contributed by atoms with Gasteiger partial charge in [-0.1, -0.05) is 11.6 Å². The lowest BCUT2D eigenvalue weighted by Gasteiger charge is -2.25. The number of halogens is 2. The average Bonchev–Trinajstić information content (AvgIpc) is 3.76. The number of hydrogen-bond acceptors (Lipinski definition) is 9. The van der Waals surface area contributed by atoms with E-state index in [2.05, 4.69) is 9.97 Å². The molecule has 2 aromatic heterocycles. The van der Waals surface area contributed by atoms with Gasteiger partial charge < -0.3 is 18.9 Å². The Morgan fingerprint density at radius 1 is 1.04 bits per heavy atom. The summed E-state index contributed by atoms with van der Waals surface area (Å²) < 4.78 is 69.8. The predicted molar refractivity (Wildman–Crippen MR) is 168 cm³/mol. The molecule has 2 fully saturated rings. The highest BCUT2D eigenvalue weighted by Gasteiger charge is 2.35. The average molecular weight is 672 g/mol. The standard InChI is InChI=1S/C32H35ClFN5O6S/c1-42-22-10-9-21(28(16-22)43-2)19-39(31-11-13-35-20-36-31)46(40,41)30-17-24(33)29(18-25(30)34)45-27-7-5-6-23(27)26-12-14-38(37-26)32-8-3-4-15-44-32/h9-14,16-18,20,23,27,32H,3-8,15,19H2,1-2H3/t23-,27+,32?/m0/s1. The first-order chi connectivity index (χ1) is 22.3. The molecule has 2 aliphatic rings. The highest BCUT2D eigenvalue weighted by molar-refractivity contribution is 7.92. The molecule has 0 amide bonds. The lowest BCUT2D eigenvalue weighted by Crippen LogP contribution is -2.32. The minimum Gasteiger partial charge on any atom is -0.497 e. The molecule has 4 aromatic rings. The van der Waals surface area contributed by atoms with Crippen molar-refractivity contribution in [2.45, 2.75) is 68.2 Å². The maximum Gasteiger partial charge on any atom is 0.268 e. The summed E-state index contributed by atoms with van der Waals surface area (Å²) in [6, 6.07) is 10.5. The molecule has 2 aromatic carbocycles. The lowest BCUT2D eigenvalue weighted by atomic mass is 10.0. The second-order valence-corrected chi connectivity index (χ2v) is 13.4. The SMILES string of the molecule is COc1ccc(CN(c2ccncn2)S(=O)(=O)c2cc(Cl)c(O[C@@H]3CCC[C@H]3c3ccn(C4CCCCO4)n3)cc2F)c(OC)c1. The molecule has 1 saturated carbocycles. The molecule has 3 atom stereocenters. The minimum atomic E-state index is -4.54.